The fraction of sp³-hybridized carbons (Fsp3) is 0.917. The third-order valence-electron chi connectivity index (χ3n) is 4.72. The van der Waals surface area contributed by atoms with Gasteiger partial charge in [0.2, 0.25) is 5.91 Å². The molecule has 84 valence electrons. The lowest BCUT2D eigenvalue weighted by atomic mass is 9.87. The van der Waals surface area contributed by atoms with Crippen LogP contribution < -0.4 is 5.73 Å². The van der Waals surface area contributed by atoms with Crippen LogP contribution in [0, 0.1) is 17.8 Å². The van der Waals surface area contributed by atoms with Crippen LogP contribution in [0.1, 0.15) is 32.6 Å². The number of fused-ring (bicyclic) bond motifs is 1. The Morgan fingerprint density at radius 3 is 2.53 bits per heavy atom. The van der Waals surface area contributed by atoms with E-state index in [1.165, 1.54) is 19.3 Å². The van der Waals surface area contributed by atoms with Crippen molar-refractivity contribution >= 4 is 5.91 Å². The van der Waals surface area contributed by atoms with E-state index in [-0.39, 0.29) is 5.54 Å². The van der Waals surface area contributed by atoms with Crippen LogP contribution in [0.25, 0.3) is 0 Å². The van der Waals surface area contributed by atoms with Crippen molar-refractivity contribution < 1.29 is 4.79 Å². The van der Waals surface area contributed by atoms with Crippen LogP contribution in [0.2, 0.25) is 0 Å². The predicted molar refractivity (Wildman–Crippen MR) is 58.1 cm³/mol. The van der Waals surface area contributed by atoms with E-state index in [4.69, 9.17) is 5.73 Å². The number of nitrogens with zero attached hydrogens (tertiary/aromatic N) is 1. The van der Waals surface area contributed by atoms with E-state index in [1.54, 1.807) is 0 Å². The fourth-order valence-corrected chi connectivity index (χ4v) is 3.49. The molecule has 2 atom stereocenters. The second-order valence-electron chi connectivity index (χ2n) is 5.69. The van der Waals surface area contributed by atoms with Crippen LogP contribution in [0.3, 0.4) is 0 Å². The summed E-state index contributed by atoms with van der Waals surface area (Å²) in [6.45, 7) is 3.68. The van der Waals surface area contributed by atoms with Gasteiger partial charge in [-0.2, -0.15) is 0 Å². The number of carbonyl (C=O) groups excluding carboxylic acids is 1. The normalized spacial score (nSPS) is 40.9. The van der Waals surface area contributed by atoms with Gasteiger partial charge in [-0.3, -0.25) is 4.79 Å². The third-order valence-corrected chi connectivity index (χ3v) is 4.72. The summed E-state index contributed by atoms with van der Waals surface area (Å²) in [6.07, 6.45) is 4.90. The lowest BCUT2D eigenvalue weighted by molar-refractivity contribution is -0.141. The Morgan fingerprint density at radius 1 is 1.40 bits per heavy atom. The van der Waals surface area contributed by atoms with Crippen molar-refractivity contribution in [2.75, 3.05) is 13.1 Å². The van der Waals surface area contributed by atoms with Crippen molar-refractivity contribution in [3.05, 3.63) is 0 Å². The molecule has 3 nitrogen and oxygen atoms in total. The predicted octanol–water partition coefficient (Wildman–Crippen LogP) is 0.982. The van der Waals surface area contributed by atoms with Gasteiger partial charge in [0.05, 0.1) is 5.54 Å². The molecule has 2 aliphatic carbocycles. The molecule has 2 saturated carbocycles. The van der Waals surface area contributed by atoms with Gasteiger partial charge in [-0.15, -0.1) is 0 Å². The Morgan fingerprint density at radius 2 is 2.00 bits per heavy atom. The maximum atomic E-state index is 12.1. The van der Waals surface area contributed by atoms with Crippen molar-refractivity contribution in [2.24, 2.45) is 23.5 Å². The van der Waals surface area contributed by atoms with E-state index in [0.717, 1.165) is 31.3 Å². The highest BCUT2D eigenvalue weighted by atomic mass is 16.2. The van der Waals surface area contributed by atoms with Crippen molar-refractivity contribution in [3.8, 4) is 0 Å². The average Bonchev–Trinajstić information content (AvgIpc) is 2.66. The number of nitrogens with two attached hydrogens (primary N) is 1. The Labute approximate surface area is 91.0 Å². The average molecular weight is 208 g/mol. The van der Waals surface area contributed by atoms with Crippen LogP contribution in [0.4, 0.5) is 0 Å². The molecule has 0 aromatic heterocycles. The molecular weight excluding hydrogens is 188 g/mol. The first-order valence-corrected chi connectivity index (χ1v) is 6.22. The van der Waals surface area contributed by atoms with Gasteiger partial charge in [-0.05, 0) is 31.1 Å². The largest absolute Gasteiger partial charge is 0.339 e. The maximum Gasteiger partial charge on any atom is 0.226 e. The van der Waals surface area contributed by atoms with Gasteiger partial charge in [-0.1, -0.05) is 13.3 Å². The van der Waals surface area contributed by atoms with Crippen LogP contribution in [-0.2, 0) is 4.79 Å². The molecule has 2 N–H and O–H groups in total. The fourth-order valence-electron chi connectivity index (χ4n) is 3.49. The lowest BCUT2D eigenvalue weighted by Gasteiger charge is -2.47. The van der Waals surface area contributed by atoms with Crippen LogP contribution in [-0.4, -0.2) is 29.4 Å². The molecule has 2 unspecified atom stereocenters. The minimum atomic E-state index is -0.0698. The Kier molecular flexibility index (Phi) is 1.91. The quantitative estimate of drug-likeness (QED) is 0.735. The molecule has 15 heavy (non-hydrogen) atoms. The molecule has 0 spiro atoms. The topological polar surface area (TPSA) is 46.3 Å². The number of likely N-dealkylation sites (tertiary alicyclic amines) is 1. The molecule has 0 radical (unpaired) electrons. The van der Waals surface area contributed by atoms with E-state index in [2.05, 4.69) is 6.92 Å². The van der Waals surface area contributed by atoms with E-state index in [1.807, 2.05) is 4.90 Å². The van der Waals surface area contributed by atoms with E-state index < -0.39 is 0 Å². The van der Waals surface area contributed by atoms with Gasteiger partial charge in [0, 0.05) is 19.0 Å². The molecule has 3 heteroatoms. The van der Waals surface area contributed by atoms with Gasteiger partial charge >= 0.3 is 0 Å². The van der Waals surface area contributed by atoms with Crippen molar-refractivity contribution in [1.29, 1.82) is 0 Å². The molecule has 0 aromatic carbocycles. The first-order chi connectivity index (χ1) is 7.14. The summed E-state index contributed by atoms with van der Waals surface area (Å²) in [5.74, 6) is 2.28. The van der Waals surface area contributed by atoms with Crippen molar-refractivity contribution in [1.82, 2.24) is 4.90 Å². The summed E-state index contributed by atoms with van der Waals surface area (Å²) in [4.78, 5) is 14.1. The van der Waals surface area contributed by atoms with E-state index >= 15 is 0 Å². The van der Waals surface area contributed by atoms with Gasteiger partial charge in [-0.25, -0.2) is 0 Å². The lowest BCUT2D eigenvalue weighted by Crippen LogP contribution is -2.68. The van der Waals surface area contributed by atoms with Crippen LogP contribution in [0.15, 0.2) is 0 Å². The summed E-state index contributed by atoms with van der Waals surface area (Å²) < 4.78 is 0. The molecule has 0 bridgehead atoms. The zero-order valence-electron chi connectivity index (χ0n) is 9.41. The number of hydrogen-bond acceptors (Lipinski definition) is 2. The van der Waals surface area contributed by atoms with Crippen LogP contribution in [0.5, 0.6) is 0 Å². The minimum absolute atomic E-state index is 0.0698. The highest BCUT2D eigenvalue weighted by Crippen LogP contribution is 2.58. The number of hydrogen-bond donors (Lipinski definition) is 1. The van der Waals surface area contributed by atoms with Crippen molar-refractivity contribution in [3.63, 3.8) is 0 Å². The molecule has 1 heterocycles. The summed E-state index contributed by atoms with van der Waals surface area (Å²) in [5, 5.41) is 0. The second-order valence-corrected chi connectivity index (χ2v) is 5.69. The summed E-state index contributed by atoms with van der Waals surface area (Å²) in [7, 11) is 0. The van der Waals surface area contributed by atoms with Gasteiger partial charge < -0.3 is 10.6 Å². The highest BCUT2D eigenvalue weighted by Gasteiger charge is 2.59. The van der Waals surface area contributed by atoms with Crippen molar-refractivity contribution in [2.45, 2.75) is 38.1 Å². The number of rotatable bonds is 2. The van der Waals surface area contributed by atoms with Gasteiger partial charge in [0.1, 0.15) is 0 Å². The standard InChI is InChI=1S/C12H20N2O/c1-2-12(13)6-14(7-12)11(15)10-8-4-3-5-9(8)10/h8-10H,2-7,13H2,1H3. The molecule has 3 aliphatic rings. The monoisotopic (exact) mass is 208 g/mol. The minimum Gasteiger partial charge on any atom is -0.339 e. The second kappa shape index (κ2) is 2.97. The first kappa shape index (κ1) is 9.64. The zero-order chi connectivity index (χ0) is 10.6. The molecule has 1 aliphatic heterocycles. The third kappa shape index (κ3) is 1.32. The van der Waals surface area contributed by atoms with E-state index in [9.17, 15) is 4.79 Å². The first-order valence-electron chi connectivity index (χ1n) is 6.22. The summed E-state index contributed by atoms with van der Waals surface area (Å²) in [6, 6.07) is 0. The SMILES string of the molecule is CCC1(N)CN(C(=O)C2C3CCCC32)C1. The van der Waals surface area contributed by atoms with Gasteiger partial charge in [0.15, 0.2) is 0 Å². The van der Waals surface area contributed by atoms with E-state index in [0.29, 0.717) is 11.8 Å². The number of amides is 1. The Hall–Kier alpha value is -0.570. The molecule has 3 fully saturated rings. The number of carbonyl (C=O) groups is 1. The summed E-state index contributed by atoms with van der Waals surface area (Å²) in [5.41, 5.74) is 6.00. The molecular formula is C12H20N2O. The zero-order valence-corrected chi connectivity index (χ0v) is 9.41. The molecule has 0 aromatic rings. The summed E-state index contributed by atoms with van der Waals surface area (Å²) >= 11 is 0. The Bertz CT molecular complexity index is 286. The smallest absolute Gasteiger partial charge is 0.226 e. The highest BCUT2D eigenvalue weighted by molar-refractivity contribution is 5.83. The Balaban J connectivity index is 1.56. The molecule has 3 rings (SSSR count). The maximum absolute atomic E-state index is 12.1. The van der Waals surface area contributed by atoms with Crippen LogP contribution >= 0.6 is 0 Å². The molecule has 1 amide bonds. The van der Waals surface area contributed by atoms with Gasteiger partial charge in [0.25, 0.3) is 0 Å². The molecule has 1 saturated heterocycles.